The molecule has 0 aliphatic rings. The van der Waals surface area contributed by atoms with Crippen molar-refractivity contribution in [3.05, 3.63) is 0 Å². The molecule has 0 saturated heterocycles. The summed E-state index contributed by atoms with van der Waals surface area (Å²) in [5.74, 6) is -0.877. The number of carbonyl (C=O) groups is 1. The van der Waals surface area contributed by atoms with E-state index in [4.69, 9.17) is 18.4 Å². The van der Waals surface area contributed by atoms with E-state index in [-0.39, 0.29) is 6.42 Å². The predicted octanol–water partition coefficient (Wildman–Crippen LogP) is 0.339. The lowest BCUT2D eigenvalue weighted by Crippen LogP contribution is -2.43. The molecule has 5 nitrogen and oxygen atoms in total. The molecule has 0 spiro atoms. The molecular formula is C6H14O5Si. The molecule has 0 rings (SSSR count). The van der Waals surface area contributed by atoms with Gasteiger partial charge in [0.05, 0.1) is 0 Å². The predicted molar refractivity (Wildman–Crippen MR) is 43.8 cm³/mol. The molecule has 72 valence electrons. The lowest BCUT2D eigenvalue weighted by atomic mass is 10.5. The fraction of sp³-hybridized carbons (Fsp3) is 0.833. The SMILES string of the molecule is CO[Si](CCC(=O)O)(OC)OC. The van der Waals surface area contributed by atoms with Gasteiger partial charge in [0, 0.05) is 33.8 Å². The number of aliphatic carboxylic acids is 1. The molecule has 6 heteroatoms. The van der Waals surface area contributed by atoms with E-state index in [1.54, 1.807) is 0 Å². The molecule has 0 fully saturated rings. The summed E-state index contributed by atoms with van der Waals surface area (Å²) in [5, 5.41) is 8.42. The van der Waals surface area contributed by atoms with Crippen molar-refractivity contribution in [1.82, 2.24) is 0 Å². The van der Waals surface area contributed by atoms with E-state index in [1.165, 1.54) is 21.3 Å². The topological polar surface area (TPSA) is 65.0 Å². The lowest BCUT2D eigenvalue weighted by Gasteiger charge is -2.23. The first-order valence-electron chi connectivity index (χ1n) is 3.47. The summed E-state index contributed by atoms with van der Waals surface area (Å²) >= 11 is 0. The van der Waals surface area contributed by atoms with Crippen molar-refractivity contribution in [2.45, 2.75) is 12.5 Å². The minimum absolute atomic E-state index is 0.00173. The summed E-state index contributed by atoms with van der Waals surface area (Å²) < 4.78 is 15.1. The van der Waals surface area contributed by atoms with Crippen LogP contribution in [0.5, 0.6) is 0 Å². The smallest absolute Gasteiger partial charge is 0.481 e. The van der Waals surface area contributed by atoms with Crippen LogP contribution in [0.2, 0.25) is 6.04 Å². The van der Waals surface area contributed by atoms with Crippen molar-refractivity contribution in [3.63, 3.8) is 0 Å². The van der Waals surface area contributed by atoms with Crippen LogP contribution in [0.1, 0.15) is 6.42 Å². The molecule has 0 bridgehead atoms. The maximum Gasteiger partial charge on any atom is 0.500 e. The summed E-state index contributed by atoms with van der Waals surface area (Å²) in [6, 6.07) is 0.297. The third kappa shape index (κ3) is 3.31. The minimum Gasteiger partial charge on any atom is -0.481 e. The third-order valence-corrected chi connectivity index (χ3v) is 4.31. The number of carboxylic acid groups (broad SMARTS) is 1. The van der Waals surface area contributed by atoms with E-state index in [0.29, 0.717) is 6.04 Å². The third-order valence-electron chi connectivity index (χ3n) is 1.58. The van der Waals surface area contributed by atoms with Gasteiger partial charge in [0.25, 0.3) is 0 Å². The molecule has 0 aliphatic heterocycles. The van der Waals surface area contributed by atoms with Gasteiger partial charge in [0.15, 0.2) is 0 Å². The Balaban J connectivity index is 4.01. The maximum atomic E-state index is 10.2. The van der Waals surface area contributed by atoms with Crippen molar-refractivity contribution >= 4 is 14.8 Å². The maximum absolute atomic E-state index is 10.2. The highest BCUT2D eigenvalue weighted by atomic mass is 28.4. The summed E-state index contributed by atoms with van der Waals surface area (Å²) in [5.41, 5.74) is 0. The normalized spacial score (nSPS) is 11.6. The molecule has 0 saturated carbocycles. The van der Waals surface area contributed by atoms with Gasteiger partial charge in [0.1, 0.15) is 0 Å². The Bertz CT molecular complexity index is 137. The molecule has 1 N–H and O–H groups in total. The fourth-order valence-corrected chi connectivity index (χ4v) is 2.45. The summed E-state index contributed by atoms with van der Waals surface area (Å²) in [6.07, 6.45) is 0.00173. The van der Waals surface area contributed by atoms with Gasteiger partial charge >= 0.3 is 14.8 Å². The largest absolute Gasteiger partial charge is 0.500 e. The number of rotatable bonds is 6. The van der Waals surface area contributed by atoms with Crippen LogP contribution >= 0.6 is 0 Å². The number of hydrogen-bond acceptors (Lipinski definition) is 4. The van der Waals surface area contributed by atoms with Crippen molar-refractivity contribution < 1.29 is 23.2 Å². The van der Waals surface area contributed by atoms with E-state index in [0.717, 1.165) is 0 Å². The van der Waals surface area contributed by atoms with E-state index in [1.807, 2.05) is 0 Å². The van der Waals surface area contributed by atoms with Crippen molar-refractivity contribution in [2.24, 2.45) is 0 Å². The molecule has 0 unspecified atom stereocenters. The van der Waals surface area contributed by atoms with Gasteiger partial charge in [0.2, 0.25) is 0 Å². The zero-order chi connectivity index (χ0) is 9.61. The second kappa shape index (κ2) is 5.25. The first-order chi connectivity index (χ1) is 5.60. The first kappa shape index (κ1) is 11.6. The molecule has 0 atom stereocenters. The Morgan fingerprint density at radius 3 is 1.92 bits per heavy atom. The average molecular weight is 194 g/mol. The van der Waals surface area contributed by atoms with Crippen LogP contribution < -0.4 is 0 Å². The van der Waals surface area contributed by atoms with E-state index >= 15 is 0 Å². The van der Waals surface area contributed by atoms with Gasteiger partial charge in [-0.1, -0.05) is 0 Å². The molecule has 12 heavy (non-hydrogen) atoms. The molecular weight excluding hydrogens is 180 g/mol. The Morgan fingerprint density at radius 1 is 1.25 bits per heavy atom. The molecule has 0 aromatic carbocycles. The Morgan fingerprint density at radius 2 is 1.67 bits per heavy atom. The van der Waals surface area contributed by atoms with E-state index in [2.05, 4.69) is 0 Å². The Hall–Kier alpha value is -0.433. The molecule has 0 radical (unpaired) electrons. The monoisotopic (exact) mass is 194 g/mol. The molecule has 0 heterocycles. The van der Waals surface area contributed by atoms with Crippen LogP contribution in [0.15, 0.2) is 0 Å². The zero-order valence-corrected chi connectivity index (χ0v) is 8.49. The van der Waals surface area contributed by atoms with Crippen LogP contribution in [-0.4, -0.2) is 41.2 Å². The number of carboxylic acids is 1. The molecule has 0 aromatic rings. The van der Waals surface area contributed by atoms with E-state index < -0.39 is 14.8 Å². The van der Waals surface area contributed by atoms with Gasteiger partial charge in [-0.25, -0.2) is 0 Å². The highest BCUT2D eigenvalue weighted by Crippen LogP contribution is 2.14. The standard InChI is InChI=1S/C6H14O5Si/c1-9-12(10-2,11-3)5-4-6(7)8/h4-5H2,1-3H3,(H,7,8). The van der Waals surface area contributed by atoms with Crippen LogP contribution in [0.25, 0.3) is 0 Å². The first-order valence-corrected chi connectivity index (χ1v) is 5.40. The highest BCUT2D eigenvalue weighted by molar-refractivity contribution is 6.60. The Labute approximate surface area is 72.6 Å². The quantitative estimate of drug-likeness (QED) is 0.618. The van der Waals surface area contributed by atoms with Gasteiger partial charge in [-0.15, -0.1) is 0 Å². The molecule has 0 aliphatic carbocycles. The zero-order valence-electron chi connectivity index (χ0n) is 7.49. The minimum atomic E-state index is -2.66. The van der Waals surface area contributed by atoms with Crippen molar-refractivity contribution in [3.8, 4) is 0 Å². The fourth-order valence-electron chi connectivity index (χ4n) is 0.816. The second-order valence-electron chi connectivity index (χ2n) is 2.19. The van der Waals surface area contributed by atoms with Gasteiger partial charge in [-0.3, -0.25) is 4.79 Å². The van der Waals surface area contributed by atoms with Gasteiger partial charge in [-0.2, -0.15) is 0 Å². The Kier molecular flexibility index (Phi) is 5.06. The van der Waals surface area contributed by atoms with E-state index in [9.17, 15) is 4.79 Å². The van der Waals surface area contributed by atoms with Gasteiger partial charge in [-0.05, 0) is 0 Å². The second-order valence-corrected chi connectivity index (χ2v) is 5.28. The van der Waals surface area contributed by atoms with Crippen molar-refractivity contribution in [1.29, 1.82) is 0 Å². The molecule has 0 aromatic heterocycles. The van der Waals surface area contributed by atoms with Crippen LogP contribution in [-0.2, 0) is 18.1 Å². The average Bonchev–Trinajstić information content (AvgIpc) is 2.08. The van der Waals surface area contributed by atoms with Crippen LogP contribution in [0, 0.1) is 0 Å². The number of hydrogen-bond donors (Lipinski definition) is 1. The highest BCUT2D eigenvalue weighted by Gasteiger charge is 2.37. The summed E-state index contributed by atoms with van der Waals surface area (Å²) in [6.45, 7) is 0. The van der Waals surface area contributed by atoms with Crippen molar-refractivity contribution in [2.75, 3.05) is 21.3 Å². The summed E-state index contributed by atoms with van der Waals surface area (Å²) in [4.78, 5) is 10.2. The van der Waals surface area contributed by atoms with Crippen LogP contribution in [0.3, 0.4) is 0 Å². The lowest BCUT2D eigenvalue weighted by molar-refractivity contribution is -0.136. The summed E-state index contributed by atoms with van der Waals surface area (Å²) in [7, 11) is 1.72. The van der Waals surface area contributed by atoms with Gasteiger partial charge < -0.3 is 18.4 Å². The molecule has 0 amide bonds. The van der Waals surface area contributed by atoms with Crippen LogP contribution in [0.4, 0.5) is 0 Å².